The van der Waals surface area contributed by atoms with Crippen molar-refractivity contribution in [3.05, 3.63) is 141 Å². The number of carboxylic acids is 1. The van der Waals surface area contributed by atoms with Gasteiger partial charge in [-0.3, -0.25) is 19.3 Å². The van der Waals surface area contributed by atoms with Crippen LogP contribution in [0.4, 0.5) is 0 Å². The maximum absolute atomic E-state index is 13.6. The molecule has 66 heavy (non-hydrogen) atoms. The number of pyridine rings is 1. The highest BCUT2D eigenvalue weighted by molar-refractivity contribution is 5.87. The van der Waals surface area contributed by atoms with E-state index in [1.165, 1.54) is 23.8 Å². The number of aliphatic hydroxyl groups excluding tert-OH is 1. The number of aromatic hydroxyl groups is 1. The summed E-state index contributed by atoms with van der Waals surface area (Å²) in [5.41, 5.74) is 0.780. The molecule has 3 aliphatic rings. The number of H-pyrrole nitrogens is 1. The van der Waals surface area contributed by atoms with Gasteiger partial charge in [-0.1, -0.05) is 72.8 Å². The van der Waals surface area contributed by atoms with E-state index in [1.54, 1.807) is 47.4 Å². The average molecular weight is 900 g/mol. The van der Waals surface area contributed by atoms with Gasteiger partial charge in [0.15, 0.2) is 6.61 Å². The Hall–Kier alpha value is -6.06. The van der Waals surface area contributed by atoms with Crippen LogP contribution in [0.25, 0.3) is 10.9 Å². The number of nitrogens with one attached hydrogen (secondary N) is 2. The minimum Gasteiger partial charge on any atom is -0.506 e. The molecule has 0 bridgehead atoms. The summed E-state index contributed by atoms with van der Waals surface area (Å²) >= 11 is 0. The Bertz CT molecular complexity index is 2530. The monoisotopic (exact) mass is 899 g/mol. The predicted octanol–water partition coefficient (Wildman–Crippen LogP) is 5.19. The lowest BCUT2D eigenvalue weighted by Gasteiger charge is -2.37. The van der Waals surface area contributed by atoms with Crippen molar-refractivity contribution in [1.29, 1.82) is 0 Å². The molecular formula is C52H61N5O9. The second-order valence-electron chi connectivity index (χ2n) is 18.3. The molecule has 4 aromatic carbocycles. The normalized spacial score (nSPS) is 18.2. The van der Waals surface area contributed by atoms with Gasteiger partial charge in [0.1, 0.15) is 11.5 Å². The van der Waals surface area contributed by atoms with E-state index in [0.717, 1.165) is 50.9 Å². The Kier molecular flexibility index (Phi) is 14.8. The fourth-order valence-corrected chi connectivity index (χ4v) is 10.1. The number of benzene rings is 4. The number of fused-ring (bicyclic) bond motifs is 1. The lowest BCUT2D eigenvalue weighted by atomic mass is 9.80. The van der Waals surface area contributed by atoms with E-state index in [1.807, 2.05) is 23.1 Å². The Morgan fingerprint density at radius 3 is 2.23 bits per heavy atom. The lowest BCUT2D eigenvalue weighted by molar-refractivity contribution is -0.155. The van der Waals surface area contributed by atoms with Gasteiger partial charge in [0.25, 0.3) is 5.91 Å². The Morgan fingerprint density at radius 2 is 1.48 bits per heavy atom. The fourth-order valence-electron chi connectivity index (χ4n) is 10.1. The quantitative estimate of drug-likeness (QED) is 0.0764. The Morgan fingerprint density at radius 1 is 0.788 bits per heavy atom. The first-order valence-corrected chi connectivity index (χ1v) is 23.3. The van der Waals surface area contributed by atoms with Crippen molar-refractivity contribution >= 4 is 28.7 Å². The third-order valence-electron chi connectivity index (χ3n) is 14.0. The number of aromatic nitrogens is 1. The molecule has 0 aliphatic carbocycles. The third kappa shape index (κ3) is 10.8. The first kappa shape index (κ1) is 46.5. The molecule has 1 aromatic heterocycles. The van der Waals surface area contributed by atoms with Crippen LogP contribution < -0.4 is 15.6 Å². The maximum atomic E-state index is 13.6. The first-order valence-electron chi connectivity index (χ1n) is 23.3. The zero-order valence-electron chi connectivity index (χ0n) is 37.3. The van der Waals surface area contributed by atoms with Gasteiger partial charge in [0.2, 0.25) is 17.1 Å². The molecular weight excluding hydrogens is 839 g/mol. The summed E-state index contributed by atoms with van der Waals surface area (Å²) in [4.78, 5) is 60.4. The summed E-state index contributed by atoms with van der Waals surface area (Å²) in [6.45, 7) is 5.66. The molecule has 0 spiro atoms. The second-order valence-corrected chi connectivity index (χ2v) is 18.3. The van der Waals surface area contributed by atoms with Crippen molar-refractivity contribution in [3.8, 4) is 11.5 Å². The smallest absolute Gasteiger partial charge is 0.345 e. The van der Waals surface area contributed by atoms with Crippen LogP contribution in [-0.2, 0) is 33.0 Å². The highest BCUT2D eigenvalue weighted by Gasteiger charge is 2.42. The van der Waals surface area contributed by atoms with E-state index < -0.39 is 17.7 Å². The molecule has 3 aliphatic heterocycles. The SMILES string of the molecule is O=C(COc1cccc([C@@](O)(C(=O)O)c2ccccc2CC2CCN(Cc3ccccc3)CC2)c1)N1CCC(C(=O)N2CCC(CNC[C@H](O)c3ccc(O)c4[nH]c(=O)ccc34)CC2)CC1. The van der Waals surface area contributed by atoms with Gasteiger partial charge in [-0.05, 0) is 117 Å². The fraction of sp³-hybridized carbons (Fsp3) is 0.423. The zero-order valence-corrected chi connectivity index (χ0v) is 37.3. The van der Waals surface area contributed by atoms with Crippen LogP contribution in [0.15, 0.2) is 108 Å². The maximum Gasteiger partial charge on any atom is 0.345 e. The van der Waals surface area contributed by atoms with E-state index in [0.29, 0.717) is 92.4 Å². The van der Waals surface area contributed by atoms with E-state index in [2.05, 4.69) is 39.5 Å². The van der Waals surface area contributed by atoms with Crippen LogP contribution in [0.1, 0.15) is 72.4 Å². The number of piperidine rings is 3. The highest BCUT2D eigenvalue weighted by atomic mass is 16.5. The summed E-state index contributed by atoms with van der Waals surface area (Å²) < 4.78 is 5.93. The summed E-state index contributed by atoms with van der Waals surface area (Å²) in [5.74, 6) is -0.775. The van der Waals surface area contributed by atoms with Crippen molar-refractivity contribution in [2.75, 3.05) is 59.0 Å². The summed E-state index contributed by atoms with van der Waals surface area (Å²) in [5, 5.41) is 47.7. The van der Waals surface area contributed by atoms with Crippen molar-refractivity contribution in [1.82, 2.24) is 25.0 Å². The standard InChI is InChI=1S/C52H61N5O9/c58-45-15-13-42(43-14-16-47(60)54-49(43)45)46(59)32-53-31-36-19-25-57(26-20-36)50(62)38-21-27-56(28-22-38)48(61)34-66-41-11-6-10-40(30-41)52(65,51(63)64)44-12-5-4-9-39(44)29-35-17-23-55(24-18-35)33-37-7-2-1-3-8-37/h1-16,30,35-36,38,46,53,58-59,65H,17-29,31-34H2,(H,54,60)(H,63,64)/t46-,52-/m0/s1. The summed E-state index contributed by atoms with van der Waals surface area (Å²) in [6, 6.07) is 30.1. The summed E-state index contributed by atoms with van der Waals surface area (Å²) in [6.07, 6.45) is 4.52. The third-order valence-corrected chi connectivity index (χ3v) is 14.0. The van der Waals surface area contributed by atoms with Crippen LogP contribution >= 0.6 is 0 Å². The number of amides is 2. The van der Waals surface area contributed by atoms with Gasteiger partial charge in [-0.2, -0.15) is 0 Å². The second kappa shape index (κ2) is 21.1. The van der Waals surface area contributed by atoms with E-state index in [4.69, 9.17) is 4.74 Å². The van der Waals surface area contributed by atoms with Gasteiger partial charge in [-0.25, -0.2) is 4.79 Å². The van der Waals surface area contributed by atoms with Crippen molar-refractivity contribution in [2.24, 2.45) is 17.8 Å². The largest absolute Gasteiger partial charge is 0.506 e. The molecule has 348 valence electrons. The van der Waals surface area contributed by atoms with E-state index in [9.17, 15) is 39.6 Å². The Balaban J connectivity index is 0.779. The molecule has 2 amide bonds. The highest BCUT2D eigenvalue weighted by Crippen LogP contribution is 2.37. The molecule has 0 unspecified atom stereocenters. The lowest BCUT2D eigenvalue weighted by Crippen LogP contribution is -2.48. The number of ether oxygens (including phenoxy) is 1. The average Bonchev–Trinajstić information content (AvgIpc) is 3.34. The molecule has 5 aromatic rings. The predicted molar refractivity (Wildman–Crippen MR) is 250 cm³/mol. The summed E-state index contributed by atoms with van der Waals surface area (Å²) in [7, 11) is 0. The van der Waals surface area contributed by atoms with Crippen LogP contribution in [0.3, 0.4) is 0 Å². The number of phenols is 1. The van der Waals surface area contributed by atoms with Gasteiger partial charge in [0, 0.05) is 67.8 Å². The van der Waals surface area contributed by atoms with Crippen LogP contribution in [0.5, 0.6) is 11.5 Å². The number of nitrogens with zero attached hydrogens (tertiary/aromatic N) is 3. The molecule has 3 fully saturated rings. The molecule has 0 saturated carbocycles. The molecule has 3 saturated heterocycles. The van der Waals surface area contributed by atoms with Crippen molar-refractivity contribution < 1.29 is 39.5 Å². The number of aliphatic hydroxyl groups is 2. The number of carboxylic acid groups (broad SMARTS) is 1. The Labute approximate surface area is 384 Å². The van der Waals surface area contributed by atoms with E-state index >= 15 is 0 Å². The van der Waals surface area contributed by atoms with Gasteiger partial charge >= 0.3 is 5.97 Å². The number of carbonyl (C=O) groups is 3. The van der Waals surface area contributed by atoms with E-state index in [-0.39, 0.29) is 47.0 Å². The molecule has 0 radical (unpaired) electrons. The minimum atomic E-state index is -2.34. The van der Waals surface area contributed by atoms with Crippen LogP contribution in [-0.4, -0.2) is 117 Å². The first-order chi connectivity index (χ1) is 32.0. The number of phenolic OH excluding ortho intramolecular Hbond substituents is 1. The number of likely N-dealkylation sites (tertiary alicyclic amines) is 3. The molecule has 14 nitrogen and oxygen atoms in total. The molecule has 4 heterocycles. The van der Waals surface area contributed by atoms with Crippen LogP contribution in [0.2, 0.25) is 0 Å². The molecule has 14 heteroatoms. The van der Waals surface area contributed by atoms with Gasteiger partial charge in [-0.15, -0.1) is 0 Å². The minimum absolute atomic E-state index is 0.0539. The van der Waals surface area contributed by atoms with Gasteiger partial charge < -0.3 is 45.3 Å². The molecule has 2 atom stereocenters. The molecule has 6 N–H and O–H groups in total. The molecule has 8 rings (SSSR count). The zero-order chi connectivity index (χ0) is 46.2. The van der Waals surface area contributed by atoms with Crippen molar-refractivity contribution in [2.45, 2.75) is 63.2 Å². The number of hydrogen-bond donors (Lipinski definition) is 6. The number of rotatable bonds is 16. The number of aromatic amines is 1. The number of carbonyl (C=O) groups excluding carboxylic acids is 2. The topological polar surface area (TPSA) is 196 Å². The van der Waals surface area contributed by atoms with Crippen molar-refractivity contribution in [3.63, 3.8) is 0 Å². The number of hydrogen-bond acceptors (Lipinski definition) is 10. The van der Waals surface area contributed by atoms with Gasteiger partial charge in [0.05, 0.1) is 11.6 Å². The van der Waals surface area contributed by atoms with Crippen LogP contribution in [0, 0.1) is 17.8 Å². The number of aliphatic carboxylic acids is 1.